The number of hydrogen-bond acceptors (Lipinski definition) is 4. The molecule has 1 amide bonds. The Hall–Kier alpha value is -3.31. The van der Waals surface area contributed by atoms with Gasteiger partial charge in [-0.3, -0.25) is 9.69 Å². The van der Waals surface area contributed by atoms with Gasteiger partial charge in [-0.05, 0) is 68.0 Å². The first-order chi connectivity index (χ1) is 18.5. The third-order valence-corrected chi connectivity index (χ3v) is 8.61. The molecule has 1 aliphatic heterocycles. The molecule has 5 nitrogen and oxygen atoms in total. The van der Waals surface area contributed by atoms with Crippen LogP contribution in [0.25, 0.3) is 0 Å². The predicted octanol–water partition coefficient (Wildman–Crippen LogP) is 6.44. The maximum atomic E-state index is 13.1. The molecule has 0 bridgehead atoms. The van der Waals surface area contributed by atoms with Crippen LogP contribution in [0, 0.1) is 5.41 Å². The highest BCUT2D eigenvalue weighted by molar-refractivity contribution is 5.94. The fourth-order valence-corrected chi connectivity index (χ4v) is 6.23. The van der Waals surface area contributed by atoms with Crippen molar-refractivity contribution >= 4 is 5.91 Å². The Kier molecular flexibility index (Phi) is 8.04. The van der Waals surface area contributed by atoms with Gasteiger partial charge in [-0.25, -0.2) is 0 Å². The molecule has 1 saturated heterocycles. The van der Waals surface area contributed by atoms with E-state index < -0.39 is 0 Å². The summed E-state index contributed by atoms with van der Waals surface area (Å²) in [6, 6.07) is 26.5. The number of ether oxygens (including phenoxy) is 2. The zero-order chi connectivity index (χ0) is 26.5. The Bertz CT molecular complexity index is 1210. The van der Waals surface area contributed by atoms with Crippen LogP contribution in [0.5, 0.6) is 11.5 Å². The van der Waals surface area contributed by atoms with Gasteiger partial charge in [0.25, 0.3) is 5.91 Å². The van der Waals surface area contributed by atoms with Gasteiger partial charge in [0.15, 0.2) is 11.5 Å². The van der Waals surface area contributed by atoms with E-state index >= 15 is 0 Å². The lowest BCUT2D eigenvalue weighted by atomic mass is 9.71. The van der Waals surface area contributed by atoms with E-state index in [1.54, 1.807) is 7.11 Å². The van der Waals surface area contributed by atoms with E-state index in [1.165, 1.54) is 24.0 Å². The third kappa shape index (κ3) is 5.73. The van der Waals surface area contributed by atoms with Gasteiger partial charge < -0.3 is 14.8 Å². The lowest BCUT2D eigenvalue weighted by Crippen LogP contribution is -2.48. The lowest BCUT2D eigenvalue weighted by Gasteiger charge is -2.38. The van der Waals surface area contributed by atoms with Crippen molar-refractivity contribution in [3.05, 3.63) is 95.6 Å². The zero-order valence-corrected chi connectivity index (χ0v) is 22.9. The largest absolute Gasteiger partial charge is 0.493 e. The van der Waals surface area contributed by atoms with Crippen LogP contribution < -0.4 is 14.8 Å². The fraction of sp³-hybridized carbons (Fsp3) is 0.424. The van der Waals surface area contributed by atoms with Gasteiger partial charge in [-0.15, -0.1) is 0 Å². The predicted molar refractivity (Wildman–Crippen MR) is 152 cm³/mol. The highest BCUT2D eigenvalue weighted by Gasteiger charge is 2.48. The molecule has 1 saturated carbocycles. The molecule has 1 aliphatic carbocycles. The van der Waals surface area contributed by atoms with Crippen LogP contribution in [0.3, 0.4) is 0 Å². The van der Waals surface area contributed by atoms with Gasteiger partial charge >= 0.3 is 0 Å². The maximum absolute atomic E-state index is 13.1. The number of carbonyl (C=O) groups excluding carboxylic acids is 1. The second-order valence-electron chi connectivity index (χ2n) is 11.2. The molecule has 3 atom stereocenters. The average molecular weight is 513 g/mol. The van der Waals surface area contributed by atoms with E-state index in [1.807, 2.05) is 36.4 Å². The van der Waals surface area contributed by atoms with E-state index in [0.29, 0.717) is 5.56 Å². The van der Waals surface area contributed by atoms with Gasteiger partial charge in [0.2, 0.25) is 0 Å². The molecular weight excluding hydrogens is 472 g/mol. The number of carbonyl (C=O) groups is 1. The number of likely N-dealkylation sites (tertiary alicyclic amines) is 1. The molecule has 3 aromatic rings. The Labute approximate surface area is 227 Å². The Morgan fingerprint density at radius 1 is 1.00 bits per heavy atom. The number of nitrogens with zero attached hydrogens (tertiary/aromatic N) is 1. The normalized spacial score (nSPS) is 22.8. The molecular formula is C33H40N2O3. The second-order valence-corrected chi connectivity index (χ2v) is 11.2. The van der Waals surface area contributed by atoms with Gasteiger partial charge in [0.05, 0.1) is 13.2 Å². The highest BCUT2D eigenvalue weighted by Crippen LogP contribution is 2.47. The monoisotopic (exact) mass is 512 g/mol. The maximum Gasteiger partial charge on any atom is 0.251 e. The van der Waals surface area contributed by atoms with Crippen molar-refractivity contribution < 1.29 is 14.3 Å². The van der Waals surface area contributed by atoms with Crippen LogP contribution in [0.1, 0.15) is 66.9 Å². The average Bonchev–Trinajstić information content (AvgIpc) is 3.57. The van der Waals surface area contributed by atoms with Gasteiger partial charge in [-0.2, -0.15) is 0 Å². The van der Waals surface area contributed by atoms with Crippen molar-refractivity contribution in [1.29, 1.82) is 0 Å². The molecule has 2 fully saturated rings. The Morgan fingerprint density at radius 2 is 1.68 bits per heavy atom. The van der Waals surface area contributed by atoms with Crippen molar-refractivity contribution in [1.82, 2.24) is 10.2 Å². The molecule has 5 rings (SSSR count). The van der Waals surface area contributed by atoms with Crippen LogP contribution in [-0.2, 0) is 6.54 Å². The molecule has 2 unspecified atom stereocenters. The van der Waals surface area contributed by atoms with E-state index in [4.69, 9.17) is 9.47 Å². The molecule has 0 aromatic heterocycles. The third-order valence-electron chi connectivity index (χ3n) is 8.61. The number of rotatable bonds is 9. The van der Waals surface area contributed by atoms with E-state index in [9.17, 15) is 4.79 Å². The molecule has 0 radical (unpaired) electrons. The molecule has 1 heterocycles. The molecule has 5 heteroatoms. The quantitative estimate of drug-likeness (QED) is 0.358. The summed E-state index contributed by atoms with van der Waals surface area (Å²) >= 11 is 0. The van der Waals surface area contributed by atoms with Crippen LogP contribution in [0.4, 0.5) is 0 Å². The first-order valence-electron chi connectivity index (χ1n) is 13.9. The van der Waals surface area contributed by atoms with Crippen molar-refractivity contribution in [3.63, 3.8) is 0 Å². The molecule has 200 valence electrons. The molecule has 1 N–H and O–H groups in total. The van der Waals surface area contributed by atoms with Crippen molar-refractivity contribution in [2.75, 3.05) is 20.2 Å². The summed E-state index contributed by atoms with van der Waals surface area (Å²) in [4.78, 5) is 15.7. The van der Waals surface area contributed by atoms with Crippen LogP contribution in [-0.4, -0.2) is 43.2 Å². The van der Waals surface area contributed by atoms with Crippen LogP contribution >= 0.6 is 0 Å². The summed E-state index contributed by atoms with van der Waals surface area (Å²) < 4.78 is 12.1. The van der Waals surface area contributed by atoms with Gasteiger partial charge in [0, 0.05) is 42.6 Å². The van der Waals surface area contributed by atoms with E-state index in [0.717, 1.165) is 44.0 Å². The molecule has 38 heavy (non-hydrogen) atoms. The molecule has 0 spiro atoms. The minimum Gasteiger partial charge on any atom is -0.493 e. The van der Waals surface area contributed by atoms with Crippen molar-refractivity contribution in [2.45, 2.75) is 64.1 Å². The summed E-state index contributed by atoms with van der Waals surface area (Å²) in [5.74, 6) is 1.81. The molecule has 3 aromatic carbocycles. The molecule has 2 aliphatic rings. The standard InChI is InChI=1S/C33H40N2O3/c1-24(34-32(36)26-14-8-5-9-15-26)33(2)23-35(21-25-12-6-4-7-13-25)22-29(33)27-18-19-30(37-3)31(20-27)38-28-16-10-11-17-28/h4-9,12-15,18-20,24,28-29H,10-11,16-17,21-23H2,1-3H3,(H,34,36)/t24?,29?,33-/m0/s1. The van der Waals surface area contributed by atoms with Crippen LogP contribution in [0.15, 0.2) is 78.9 Å². The summed E-state index contributed by atoms with van der Waals surface area (Å²) in [6.45, 7) is 7.15. The van der Waals surface area contributed by atoms with Crippen molar-refractivity contribution in [3.8, 4) is 11.5 Å². The van der Waals surface area contributed by atoms with Crippen molar-refractivity contribution in [2.24, 2.45) is 5.41 Å². The fourth-order valence-electron chi connectivity index (χ4n) is 6.23. The topological polar surface area (TPSA) is 50.8 Å². The first kappa shape index (κ1) is 26.3. The van der Waals surface area contributed by atoms with Gasteiger partial charge in [0.1, 0.15) is 0 Å². The lowest BCUT2D eigenvalue weighted by molar-refractivity contribution is 0.0889. The van der Waals surface area contributed by atoms with Crippen LogP contribution in [0.2, 0.25) is 0 Å². The van der Waals surface area contributed by atoms with Gasteiger partial charge in [-0.1, -0.05) is 61.5 Å². The van der Waals surface area contributed by atoms with E-state index in [2.05, 4.69) is 66.5 Å². The van der Waals surface area contributed by atoms with E-state index in [-0.39, 0.29) is 29.4 Å². The second kappa shape index (κ2) is 11.6. The number of benzene rings is 3. The Balaban J connectivity index is 1.44. The first-order valence-corrected chi connectivity index (χ1v) is 13.9. The number of nitrogens with one attached hydrogen (secondary N) is 1. The number of methoxy groups -OCH3 is 1. The highest BCUT2D eigenvalue weighted by atomic mass is 16.5. The number of hydrogen-bond donors (Lipinski definition) is 1. The smallest absolute Gasteiger partial charge is 0.251 e. The number of amides is 1. The minimum atomic E-state index is -0.182. The summed E-state index contributed by atoms with van der Waals surface area (Å²) in [6.07, 6.45) is 4.90. The summed E-state index contributed by atoms with van der Waals surface area (Å²) in [5.41, 5.74) is 3.04. The summed E-state index contributed by atoms with van der Waals surface area (Å²) in [5, 5.41) is 3.34. The Morgan fingerprint density at radius 3 is 2.37 bits per heavy atom. The summed E-state index contributed by atoms with van der Waals surface area (Å²) in [7, 11) is 1.71. The zero-order valence-electron chi connectivity index (χ0n) is 22.9. The minimum absolute atomic E-state index is 0.0282. The SMILES string of the molecule is COc1ccc(C2CN(Cc3ccccc3)C[C@@]2(C)C(C)NC(=O)c2ccccc2)cc1OC1CCCC1.